The number of hydrogen-bond acceptors (Lipinski definition) is 2. The fourth-order valence-corrected chi connectivity index (χ4v) is 1.92. The molecule has 0 N–H and O–H groups in total. The van der Waals surface area contributed by atoms with Gasteiger partial charge in [0.05, 0.1) is 6.10 Å². The number of carbonyl (C=O) groups is 1. The lowest BCUT2D eigenvalue weighted by Gasteiger charge is -2.07. The Balaban J connectivity index is 1.94. The fraction of sp³-hybridized carbons (Fsp3) is 0.909. The van der Waals surface area contributed by atoms with E-state index in [1.165, 1.54) is 12.8 Å². The van der Waals surface area contributed by atoms with Gasteiger partial charge >= 0.3 is 0 Å². The molecule has 1 saturated heterocycles. The van der Waals surface area contributed by atoms with E-state index in [9.17, 15) is 4.79 Å². The lowest BCUT2D eigenvalue weighted by Crippen LogP contribution is -2.06. The maximum Gasteiger partial charge on any atom is 0.132 e. The molecule has 1 aliphatic rings. The van der Waals surface area contributed by atoms with Crippen molar-refractivity contribution in [1.29, 1.82) is 0 Å². The van der Waals surface area contributed by atoms with Crippen molar-refractivity contribution in [2.75, 3.05) is 12.5 Å². The lowest BCUT2D eigenvalue weighted by atomic mass is 10.1. The quantitative estimate of drug-likeness (QED) is 0.615. The molecule has 0 saturated carbocycles. The van der Waals surface area contributed by atoms with Gasteiger partial charge < -0.3 is 4.74 Å². The second-order valence-corrected chi connectivity index (χ2v) is 4.24. The number of carbonyl (C=O) groups excluding carboxylic acids is 1. The van der Waals surface area contributed by atoms with Gasteiger partial charge in [0.25, 0.3) is 0 Å². The van der Waals surface area contributed by atoms with Crippen LogP contribution in [0.2, 0.25) is 0 Å². The van der Waals surface area contributed by atoms with E-state index in [0.29, 0.717) is 30.6 Å². The molecule has 0 amide bonds. The highest BCUT2D eigenvalue weighted by Crippen LogP contribution is 2.17. The first-order valence-electron chi connectivity index (χ1n) is 5.52. The minimum atomic E-state index is 0.351. The van der Waals surface area contributed by atoms with Gasteiger partial charge in [0.2, 0.25) is 0 Å². The monoisotopic (exact) mass is 218 g/mol. The summed E-state index contributed by atoms with van der Waals surface area (Å²) in [6.07, 6.45) is 6.99. The van der Waals surface area contributed by atoms with Crippen molar-refractivity contribution in [3.8, 4) is 0 Å². The van der Waals surface area contributed by atoms with Crippen LogP contribution in [0.5, 0.6) is 0 Å². The Morgan fingerprint density at radius 3 is 2.79 bits per heavy atom. The van der Waals surface area contributed by atoms with Crippen LogP contribution >= 0.6 is 11.6 Å². The summed E-state index contributed by atoms with van der Waals surface area (Å²) >= 11 is 5.51. The van der Waals surface area contributed by atoms with E-state index in [-0.39, 0.29) is 0 Å². The van der Waals surface area contributed by atoms with Crippen molar-refractivity contribution in [3.63, 3.8) is 0 Å². The molecule has 82 valence electrons. The summed E-state index contributed by atoms with van der Waals surface area (Å²) < 4.78 is 5.48. The predicted molar refractivity (Wildman–Crippen MR) is 57.8 cm³/mol. The van der Waals surface area contributed by atoms with E-state index in [1.54, 1.807) is 0 Å². The SMILES string of the molecule is O=C(CCCCl)CCCC1CCCO1. The molecule has 2 nitrogen and oxygen atoms in total. The largest absolute Gasteiger partial charge is 0.378 e. The van der Waals surface area contributed by atoms with E-state index >= 15 is 0 Å². The molecule has 0 aromatic rings. The topological polar surface area (TPSA) is 26.3 Å². The van der Waals surface area contributed by atoms with E-state index < -0.39 is 0 Å². The first-order chi connectivity index (χ1) is 6.83. The predicted octanol–water partition coefficient (Wildman–Crippen LogP) is 2.92. The molecule has 0 radical (unpaired) electrons. The molecule has 0 spiro atoms. The molecule has 14 heavy (non-hydrogen) atoms. The van der Waals surface area contributed by atoms with Crippen molar-refractivity contribution < 1.29 is 9.53 Å². The molecule has 1 unspecified atom stereocenters. The average Bonchev–Trinajstić information content (AvgIpc) is 2.67. The summed E-state index contributed by atoms with van der Waals surface area (Å²) in [4.78, 5) is 11.3. The zero-order chi connectivity index (χ0) is 10.2. The molecule has 0 aliphatic carbocycles. The Kier molecular flexibility index (Phi) is 6.20. The maximum absolute atomic E-state index is 11.3. The standard InChI is InChI=1S/C11H19ClO2/c12-8-2-5-10(13)4-1-6-11-7-3-9-14-11/h11H,1-9H2. The molecular weight excluding hydrogens is 200 g/mol. The maximum atomic E-state index is 11.3. The Hall–Kier alpha value is -0.0800. The number of halogens is 1. The van der Waals surface area contributed by atoms with E-state index in [2.05, 4.69) is 0 Å². The molecule has 1 rings (SSSR count). The summed E-state index contributed by atoms with van der Waals surface area (Å²) in [6, 6.07) is 0. The van der Waals surface area contributed by atoms with E-state index in [1.807, 2.05) is 0 Å². The number of ketones is 1. The van der Waals surface area contributed by atoms with Crippen LogP contribution in [0, 0.1) is 0 Å². The number of alkyl halides is 1. The number of ether oxygens (including phenoxy) is 1. The van der Waals surface area contributed by atoms with Crippen LogP contribution in [0.3, 0.4) is 0 Å². The summed E-state index contributed by atoms with van der Waals surface area (Å²) in [5.41, 5.74) is 0. The highest BCUT2D eigenvalue weighted by molar-refractivity contribution is 6.17. The van der Waals surface area contributed by atoms with Crippen LogP contribution < -0.4 is 0 Å². The normalized spacial score (nSPS) is 21.4. The summed E-state index contributed by atoms with van der Waals surface area (Å²) in [5, 5.41) is 0. The summed E-state index contributed by atoms with van der Waals surface area (Å²) in [5.74, 6) is 0.945. The molecule has 0 bridgehead atoms. The minimum absolute atomic E-state index is 0.351. The van der Waals surface area contributed by atoms with E-state index in [4.69, 9.17) is 16.3 Å². The molecule has 1 fully saturated rings. The minimum Gasteiger partial charge on any atom is -0.378 e. The third kappa shape index (κ3) is 4.97. The van der Waals surface area contributed by atoms with Gasteiger partial charge in [-0.3, -0.25) is 4.79 Å². The number of hydrogen-bond donors (Lipinski definition) is 0. The first-order valence-corrected chi connectivity index (χ1v) is 6.05. The highest BCUT2D eigenvalue weighted by Gasteiger charge is 2.15. The molecule has 1 aliphatic heterocycles. The van der Waals surface area contributed by atoms with Gasteiger partial charge in [0, 0.05) is 25.3 Å². The van der Waals surface area contributed by atoms with Crippen LogP contribution in [-0.2, 0) is 9.53 Å². The van der Waals surface area contributed by atoms with E-state index in [0.717, 1.165) is 25.9 Å². The van der Waals surface area contributed by atoms with Gasteiger partial charge in [0.1, 0.15) is 5.78 Å². The zero-order valence-electron chi connectivity index (χ0n) is 8.64. The van der Waals surface area contributed by atoms with Gasteiger partial charge in [-0.15, -0.1) is 11.6 Å². The van der Waals surface area contributed by atoms with Crippen molar-refractivity contribution >= 4 is 17.4 Å². The smallest absolute Gasteiger partial charge is 0.132 e. The van der Waals surface area contributed by atoms with Gasteiger partial charge in [-0.1, -0.05) is 0 Å². The molecular formula is C11H19ClO2. The Labute approximate surface area is 91.0 Å². The van der Waals surface area contributed by atoms with Crippen molar-refractivity contribution in [2.24, 2.45) is 0 Å². The van der Waals surface area contributed by atoms with Gasteiger partial charge in [-0.25, -0.2) is 0 Å². The summed E-state index contributed by atoms with van der Waals surface area (Å²) in [7, 11) is 0. The number of rotatable bonds is 7. The van der Waals surface area contributed by atoms with Crippen molar-refractivity contribution in [2.45, 2.75) is 51.0 Å². The number of Topliss-reactive ketones (excluding diaryl/α,β-unsaturated/α-hetero) is 1. The second kappa shape index (κ2) is 7.24. The average molecular weight is 219 g/mol. The Morgan fingerprint density at radius 1 is 1.36 bits per heavy atom. The molecule has 1 heterocycles. The first kappa shape index (κ1) is 12.0. The van der Waals surface area contributed by atoms with Crippen LogP contribution in [-0.4, -0.2) is 24.4 Å². The molecule has 3 heteroatoms. The van der Waals surface area contributed by atoms with Crippen molar-refractivity contribution in [3.05, 3.63) is 0 Å². The van der Waals surface area contributed by atoms with Gasteiger partial charge in [0.15, 0.2) is 0 Å². The second-order valence-electron chi connectivity index (χ2n) is 3.86. The van der Waals surface area contributed by atoms with Crippen LogP contribution in [0.15, 0.2) is 0 Å². The molecule has 0 aromatic heterocycles. The van der Waals surface area contributed by atoms with Crippen LogP contribution in [0.4, 0.5) is 0 Å². The van der Waals surface area contributed by atoms with Gasteiger partial charge in [-0.2, -0.15) is 0 Å². The van der Waals surface area contributed by atoms with Crippen LogP contribution in [0.25, 0.3) is 0 Å². The van der Waals surface area contributed by atoms with Crippen molar-refractivity contribution in [1.82, 2.24) is 0 Å². The summed E-state index contributed by atoms with van der Waals surface area (Å²) in [6.45, 7) is 0.908. The lowest BCUT2D eigenvalue weighted by molar-refractivity contribution is -0.119. The van der Waals surface area contributed by atoms with Crippen LogP contribution in [0.1, 0.15) is 44.9 Å². The Bertz CT molecular complexity index is 165. The third-order valence-electron chi connectivity index (χ3n) is 2.59. The third-order valence-corrected chi connectivity index (χ3v) is 2.86. The highest BCUT2D eigenvalue weighted by atomic mass is 35.5. The Morgan fingerprint density at radius 2 is 2.14 bits per heavy atom. The zero-order valence-corrected chi connectivity index (χ0v) is 9.39. The van der Waals surface area contributed by atoms with Gasteiger partial charge in [-0.05, 0) is 32.1 Å². The fourth-order valence-electron chi connectivity index (χ4n) is 1.79. The molecule has 0 aromatic carbocycles. The molecule has 1 atom stereocenters.